The summed E-state index contributed by atoms with van der Waals surface area (Å²) in [5.41, 5.74) is 2.40. The largest absolute Gasteiger partial charge is 0.494 e. The maximum Gasteiger partial charge on any atom is 0.282 e. The van der Waals surface area contributed by atoms with Crippen LogP contribution in [0.3, 0.4) is 0 Å². The Morgan fingerprint density at radius 1 is 1.00 bits per heavy atom. The molecule has 4 rings (SSSR count). The van der Waals surface area contributed by atoms with E-state index in [4.69, 9.17) is 16.3 Å². The summed E-state index contributed by atoms with van der Waals surface area (Å²) in [6.45, 7) is 4.25. The van der Waals surface area contributed by atoms with Crippen LogP contribution in [0.25, 0.3) is 5.57 Å². The highest BCUT2D eigenvalue weighted by molar-refractivity contribution is 6.46. The number of ether oxygens (including phenoxy) is 1. The molecule has 0 radical (unpaired) electrons. The molecule has 3 aromatic rings. The second-order valence-electron chi connectivity index (χ2n) is 7.22. The predicted octanol–water partition coefficient (Wildman–Crippen LogP) is 5.58. The van der Waals surface area contributed by atoms with Gasteiger partial charge in [0, 0.05) is 10.7 Å². The topological polar surface area (TPSA) is 58.6 Å². The van der Waals surface area contributed by atoms with Gasteiger partial charge in [-0.15, -0.1) is 0 Å². The van der Waals surface area contributed by atoms with E-state index in [-0.39, 0.29) is 17.0 Å². The van der Waals surface area contributed by atoms with Crippen molar-refractivity contribution in [1.29, 1.82) is 0 Å². The normalized spacial score (nSPS) is 13.7. The van der Waals surface area contributed by atoms with Crippen molar-refractivity contribution in [3.05, 3.63) is 94.4 Å². The Balaban J connectivity index is 1.82. The Hall–Kier alpha value is -3.64. The standard InChI is InChI=1S/C25H20ClFN2O3/c1-3-32-20-11-8-16(9-12-20)22-23(28-21-13-17(26)10-7-15(21)2)25(31)29(24(22)30)19-6-4-5-18(27)14-19/h4-14,28H,3H2,1-2H3. The number of nitrogens with zero attached hydrogens (tertiary/aromatic N) is 1. The summed E-state index contributed by atoms with van der Waals surface area (Å²) >= 11 is 6.14. The number of hydrogen-bond acceptors (Lipinski definition) is 4. The fraction of sp³-hybridized carbons (Fsp3) is 0.120. The maximum absolute atomic E-state index is 13.8. The molecule has 0 fully saturated rings. The zero-order chi connectivity index (χ0) is 22.8. The fourth-order valence-corrected chi connectivity index (χ4v) is 3.68. The fourth-order valence-electron chi connectivity index (χ4n) is 3.51. The molecule has 3 aromatic carbocycles. The van der Waals surface area contributed by atoms with Crippen LogP contribution < -0.4 is 15.0 Å². The van der Waals surface area contributed by atoms with Crippen LogP contribution in [0.4, 0.5) is 15.8 Å². The number of hydrogen-bond donors (Lipinski definition) is 1. The molecule has 7 heteroatoms. The summed E-state index contributed by atoms with van der Waals surface area (Å²) in [6.07, 6.45) is 0. The minimum absolute atomic E-state index is 0.0915. The van der Waals surface area contributed by atoms with E-state index in [2.05, 4.69) is 5.32 Å². The number of aryl methyl sites for hydroxylation is 1. The molecular weight excluding hydrogens is 431 g/mol. The quantitative estimate of drug-likeness (QED) is 0.498. The average molecular weight is 451 g/mol. The van der Waals surface area contributed by atoms with Gasteiger partial charge in [0.25, 0.3) is 11.8 Å². The highest BCUT2D eigenvalue weighted by Crippen LogP contribution is 2.35. The third-order valence-corrected chi connectivity index (χ3v) is 5.30. The summed E-state index contributed by atoms with van der Waals surface area (Å²) in [6, 6.07) is 17.5. The minimum atomic E-state index is -0.580. The van der Waals surface area contributed by atoms with Gasteiger partial charge in [0.2, 0.25) is 0 Å². The molecule has 32 heavy (non-hydrogen) atoms. The van der Waals surface area contributed by atoms with E-state index in [1.807, 2.05) is 19.9 Å². The van der Waals surface area contributed by atoms with Crippen molar-refractivity contribution in [1.82, 2.24) is 0 Å². The molecular formula is C25H20ClFN2O3. The number of anilines is 2. The first kappa shape index (κ1) is 21.6. The van der Waals surface area contributed by atoms with E-state index in [1.165, 1.54) is 18.2 Å². The summed E-state index contributed by atoms with van der Waals surface area (Å²) in [4.78, 5) is 27.8. The van der Waals surface area contributed by atoms with Gasteiger partial charge >= 0.3 is 0 Å². The van der Waals surface area contributed by atoms with E-state index in [9.17, 15) is 14.0 Å². The van der Waals surface area contributed by atoms with Crippen molar-refractivity contribution >= 4 is 40.4 Å². The highest BCUT2D eigenvalue weighted by atomic mass is 35.5. The lowest BCUT2D eigenvalue weighted by molar-refractivity contribution is -0.120. The van der Waals surface area contributed by atoms with E-state index in [0.717, 1.165) is 16.5 Å². The number of nitrogens with one attached hydrogen (secondary N) is 1. The van der Waals surface area contributed by atoms with Crippen LogP contribution in [0.15, 0.2) is 72.4 Å². The lowest BCUT2D eigenvalue weighted by atomic mass is 10.0. The Labute approximate surface area is 190 Å². The smallest absolute Gasteiger partial charge is 0.282 e. The van der Waals surface area contributed by atoms with Gasteiger partial charge in [0.05, 0.1) is 17.9 Å². The number of carbonyl (C=O) groups excluding carboxylic acids is 2. The molecule has 0 saturated heterocycles. The Morgan fingerprint density at radius 2 is 1.75 bits per heavy atom. The van der Waals surface area contributed by atoms with Crippen LogP contribution in [0, 0.1) is 12.7 Å². The van der Waals surface area contributed by atoms with Crippen LogP contribution in [0.2, 0.25) is 5.02 Å². The molecule has 0 bridgehead atoms. The van der Waals surface area contributed by atoms with Gasteiger partial charge < -0.3 is 10.1 Å². The lowest BCUT2D eigenvalue weighted by Gasteiger charge is -2.16. The first-order valence-corrected chi connectivity index (χ1v) is 10.4. The van der Waals surface area contributed by atoms with E-state index < -0.39 is 17.6 Å². The van der Waals surface area contributed by atoms with Crippen LogP contribution in [0.1, 0.15) is 18.1 Å². The highest BCUT2D eigenvalue weighted by Gasteiger charge is 2.40. The van der Waals surface area contributed by atoms with Crippen LogP contribution in [-0.2, 0) is 9.59 Å². The second-order valence-corrected chi connectivity index (χ2v) is 7.65. The zero-order valence-electron chi connectivity index (χ0n) is 17.5. The molecule has 0 atom stereocenters. The minimum Gasteiger partial charge on any atom is -0.494 e. The van der Waals surface area contributed by atoms with Gasteiger partial charge in [0.1, 0.15) is 17.3 Å². The molecule has 0 spiro atoms. The Bertz CT molecular complexity index is 1240. The molecule has 5 nitrogen and oxygen atoms in total. The number of carbonyl (C=O) groups is 2. The third kappa shape index (κ3) is 4.09. The van der Waals surface area contributed by atoms with Crippen molar-refractivity contribution < 1.29 is 18.7 Å². The number of halogens is 2. The average Bonchev–Trinajstić information content (AvgIpc) is 3.01. The third-order valence-electron chi connectivity index (χ3n) is 5.06. The van der Waals surface area contributed by atoms with Gasteiger partial charge in [0.15, 0.2) is 0 Å². The van der Waals surface area contributed by atoms with Gasteiger partial charge in [-0.2, -0.15) is 0 Å². The molecule has 1 heterocycles. The van der Waals surface area contributed by atoms with Crippen molar-refractivity contribution in [3.63, 3.8) is 0 Å². The molecule has 1 N–H and O–H groups in total. The summed E-state index contributed by atoms with van der Waals surface area (Å²) in [5.74, 6) is -1.02. The monoisotopic (exact) mass is 450 g/mol. The van der Waals surface area contributed by atoms with Crippen molar-refractivity contribution in [2.75, 3.05) is 16.8 Å². The van der Waals surface area contributed by atoms with E-state index in [0.29, 0.717) is 28.6 Å². The zero-order valence-corrected chi connectivity index (χ0v) is 18.2. The first-order chi connectivity index (χ1) is 15.4. The van der Waals surface area contributed by atoms with Crippen molar-refractivity contribution in [2.45, 2.75) is 13.8 Å². The number of amides is 2. The molecule has 0 aromatic heterocycles. The molecule has 162 valence electrons. The van der Waals surface area contributed by atoms with Crippen LogP contribution >= 0.6 is 11.6 Å². The second kappa shape index (κ2) is 8.85. The molecule has 0 saturated carbocycles. The van der Waals surface area contributed by atoms with Crippen LogP contribution in [0.5, 0.6) is 5.75 Å². The van der Waals surface area contributed by atoms with Gasteiger partial charge in [-0.3, -0.25) is 9.59 Å². The lowest BCUT2D eigenvalue weighted by Crippen LogP contribution is -2.32. The maximum atomic E-state index is 13.8. The first-order valence-electron chi connectivity index (χ1n) is 10.0. The van der Waals surface area contributed by atoms with Gasteiger partial charge in [-0.05, 0) is 67.4 Å². The van der Waals surface area contributed by atoms with E-state index in [1.54, 1.807) is 36.4 Å². The van der Waals surface area contributed by atoms with E-state index >= 15 is 0 Å². The SMILES string of the molecule is CCOc1ccc(C2=C(Nc3cc(Cl)ccc3C)C(=O)N(c3cccc(F)c3)C2=O)cc1. The van der Waals surface area contributed by atoms with Crippen LogP contribution in [-0.4, -0.2) is 18.4 Å². The molecule has 2 amide bonds. The molecule has 1 aliphatic heterocycles. The molecule has 0 aliphatic carbocycles. The van der Waals surface area contributed by atoms with Crippen molar-refractivity contribution in [2.24, 2.45) is 0 Å². The molecule has 1 aliphatic rings. The van der Waals surface area contributed by atoms with Gasteiger partial charge in [-0.1, -0.05) is 35.9 Å². The number of benzene rings is 3. The Kier molecular flexibility index (Phi) is 5.97. The number of rotatable bonds is 6. The van der Waals surface area contributed by atoms with Gasteiger partial charge in [-0.25, -0.2) is 9.29 Å². The Morgan fingerprint density at radius 3 is 2.44 bits per heavy atom. The number of imide groups is 1. The molecule has 0 unspecified atom stereocenters. The summed E-state index contributed by atoms with van der Waals surface area (Å²) in [5, 5.41) is 3.58. The predicted molar refractivity (Wildman–Crippen MR) is 123 cm³/mol. The summed E-state index contributed by atoms with van der Waals surface area (Å²) < 4.78 is 19.3. The van der Waals surface area contributed by atoms with Crippen molar-refractivity contribution in [3.8, 4) is 5.75 Å². The summed E-state index contributed by atoms with van der Waals surface area (Å²) in [7, 11) is 0.